The lowest BCUT2D eigenvalue weighted by molar-refractivity contribution is 0.0711. The van der Waals surface area contributed by atoms with Crippen LogP contribution in [-0.2, 0) is 6.54 Å². The average molecular weight is 438 g/mol. The van der Waals surface area contributed by atoms with Crippen LogP contribution in [0.2, 0.25) is 0 Å². The number of carbonyl (C=O) groups is 1. The third kappa shape index (κ3) is 4.33. The SMILES string of the molecule is Bc1cnn2c(NCc3cccnc3)cc(C3CCN(C(=O)c4ccccc4C)CC3)nc12. The molecule has 166 valence electrons. The zero-order valence-electron chi connectivity index (χ0n) is 19.0. The van der Waals surface area contributed by atoms with Crippen LogP contribution in [-0.4, -0.2) is 51.3 Å². The van der Waals surface area contributed by atoms with Crippen molar-refractivity contribution in [3.05, 3.63) is 83.4 Å². The molecule has 4 aromatic rings. The third-order valence-electron chi connectivity index (χ3n) is 6.44. The van der Waals surface area contributed by atoms with Crippen LogP contribution in [0.3, 0.4) is 0 Å². The fourth-order valence-corrected chi connectivity index (χ4v) is 4.48. The molecule has 3 aromatic heterocycles. The lowest BCUT2D eigenvalue weighted by Gasteiger charge is -2.32. The first-order chi connectivity index (χ1) is 16.1. The summed E-state index contributed by atoms with van der Waals surface area (Å²) in [5, 5.41) is 8.02. The lowest BCUT2D eigenvalue weighted by Crippen LogP contribution is -2.38. The summed E-state index contributed by atoms with van der Waals surface area (Å²) in [6, 6.07) is 13.9. The molecule has 33 heavy (non-hydrogen) atoms. The Labute approximate surface area is 194 Å². The van der Waals surface area contributed by atoms with Gasteiger partial charge in [-0.15, -0.1) is 0 Å². The third-order valence-corrected chi connectivity index (χ3v) is 6.44. The van der Waals surface area contributed by atoms with Gasteiger partial charge in [0.2, 0.25) is 0 Å². The second-order valence-electron chi connectivity index (χ2n) is 8.73. The van der Waals surface area contributed by atoms with Crippen LogP contribution in [0.25, 0.3) is 5.65 Å². The van der Waals surface area contributed by atoms with Gasteiger partial charge >= 0.3 is 0 Å². The first-order valence-electron chi connectivity index (χ1n) is 11.4. The number of nitrogens with zero attached hydrogens (tertiary/aromatic N) is 5. The molecule has 0 radical (unpaired) electrons. The van der Waals surface area contributed by atoms with E-state index in [9.17, 15) is 4.79 Å². The van der Waals surface area contributed by atoms with Gasteiger partial charge in [0.25, 0.3) is 5.91 Å². The van der Waals surface area contributed by atoms with Gasteiger partial charge in [-0.05, 0) is 48.5 Å². The van der Waals surface area contributed by atoms with E-state index < -0.39 is 0 Å². The topological polar surface area (TPSA) is 75.4 Å². The standard InChI is InChI=1S/C25H27BN6O/c1-17-5-2-3-7-20(17)25(33)31-11-8-19(9-12-31)22-13-23(28-15-18-6-4-10-27-14-18)32-24(30-22)21(26)16-29-32/h2-7,10,13-14,16,19,28H,8-9,11-12,15,26H2,1H3. The number of fused-ring (bicyclic) bond motifs is 1. The maximum atomic E-state index is 13.0. The van der Waals surface area contributed by atoms with Gasteiger partial charge in [-0.25, -0.2) is 4.98 Å². The van der Waals surface area contributed by atoms with Crippen molar-refractivity contribution in [2.24, 2.45) is 0 Å². The predicted molar refractivity (Wildman–Crippen MR) is 132 cm³/mol. The molecule has 7 nitrogen and oxygen atoms in total. The van der Waals surface area contributed by atoms with Gasteiger partial charge < -0.3 is 10.2 Å². The predicted octanol–water partition coefficient (Wildman–Crippen LogP) is 2.32. The minimum Gasteiger partial charge on any atom is -0.366 e. The summed E-state index contributed by atoms with van der Waals surface area (Å²) in [6.07, 6.45) is 7.29. The molecule has 0 spiro atoms. The molecule has 8 heteroatoms. The van der Waals surface area contributed by atoms with E-state index in [1.54, 1.807) is 6.20 Å². The minimum absolute atomic E-state index is 0.125. The molecule has 1 aliphatic rings. The van der Waals surface area contributed by atoms with Crippen molar-refractivity contribution in [2.45, 2.75) is 32.2 Å². The van der Waals surface area contributed by atoms with Crippen LogP contribution in [0.1, 0.15) is 45.9 Å². The quantitative estimate of drug-likeness (QED) is 0.484. The number of aryl methyl sites for hydroxylation is 1. The normalized spacial score (nSPS) is 14.5. The van der Waals surface area contributed by atoms with E-state index in [0.717, 1.165) is 65.2 Å². The Balaban J connectivity index is 1.34. The summed E-state index contributed by atoms with van der Waals surface area (Å²) < 4.78 is 1.87. The van der Waals surface area contributed by atoms with E-state index >= 15 is 0 Å². The fraction of sp³-hybridized carbons (Fsp3) is 0.280. The molecule has 0 bridgehead atoms. The summed E-state index contributed by atoms with van der Waals surface area (Å²) in [5.41, 5.74) is 5.91. The molecule has 1 amide bonds. The Morgan fingerprint density at radius 1 is 1.15 bits per heavy atom. The largest absolute Gasteiger partial charge is 0.366 e. The first-order valence-corrected chi connectivity index (χ1v) is 11.4. The highest BCUT2D eigenvalue weighted by Gasteiger charge is 2.27. The van der Waals surface area contributed by atoms with Gasteiger partial charge in [0, 0.05) is 61.5 Å². The van der Waals surface area contributed by atoms with E-state index in [0.29, 0.717) is 12.5 Å². The van der Waals surface area contributed by atoms with Crippen LogP contribution in [0.5, 0.6) is 0 Å². The lowest BCUT2D eigenvalue weighted by atomic mass is 9.92. The maximum absolute atomic E-state index is 13.0. The number of nitrogens with one attached hydrogen (secondary N) is 1. The number of hydrogen-bond acceptors (Lipinski definition) is 5. The molecule has 1 saturated heterocycles. The highest BCUT2D eigenvalue weighted by molar-refractivity contribution is 6.36. The number of rotatable bonds is 5. The monoisotopic (exact) mass is 438 g/mol. The van der Waals surface area contributed by atoms with Crippen molar-refractivity contribution in [3.8, 4) is 0 Å². The first kappa shape index (κ1) is 21.2. The minimum atomic E-state index is 0.125. The van der Waals surface area contributed by atoms with E-state index in [1.807, 2.05) is 66.9 Å². The second kappa shape index (κ2) is 9.06. The fourth-order valence-electron chi connectivity index (χ4n) is 4.48. The molecule has 0 saturated carbocycles. The molecule has 1 aliphatic heterocycles. The van der Waals surface area contributed by atoms with E-state index in [-0.39, 0.29) is 5.91 Å². The summed E-state index contributed by atoms with van der Waals surface area (Å²) in [5.74, 6) is 1.36. The smallest absolute Gasteiger partial charge is 0.254 e. The van der Waals surface area contributed by atoms with Crippen molar-refractivity contribution in [1.29, 1.82) is 0 Å². The summed E-state index contributed by atoms with van der Waals surface area (Å²) in [6.45, 7) is 4.13. The van der Waals surface area contributed by atoms with Gasteiger partial charge in [-0.1, -0.05) is 24.3 Å². The van der Waals surface area contributed by atoms with Gasteiger partial charge in [0.15, 0.2) is 5.65 Å². The molecule has 0 atom stereocenters. The number of amides is 1. The average Bonchev–Trinajstić information content (AvgIpc) is 3.24. The summed E-state index contributed by atoms with van der Waals surface area (Å²) >= 11 is 0. The molecule has 1 fully saturated rings. The molecule has 1 N–H and O–H groups in total. The van der Waals surface area contributed by atoms with E-state index in [4.69, 9.17) is 4.98 Å². The molecule has 0 aliphatic carbocycles. The van der Waals surface area contributed by atoms with Crippen LogP contribution >= 0.6 is 0 Å². The van der Waals surface area contributed by atoms with Crippen LogP contribution in [0, 0.1) is 6.92 Å². The number of likely N-dealkylation sites (tertiary alicyclic amines) is 1. The molecular weight excluding hydrogens is 411 g/mol. The highest BCUT2D eigenvalue weighted by atomic mass is 16.2. The number of piperidine rings is 1. The number of pyridine rings is 1. The Bertz CT molecular complexity index is 1280. The van der Waals surface area contributed by atoms with Crippen LogP contribution in [0.15, 0.2) is 61.1 Å². The van der Waals surface area contributed by atoms with Crippen LogP contribution in [0.4, 0.5) is 5.82 Å². The summed E-state index contributed by atoms with van der Waals surface area (Å²) in [7, 11) is 2.04. The van der Waals surface area contributed by atoms with Crippen molar-refractivity contribution in [1.82, 2.24) is 24.5 Å². The second-order valence-corrected chi connectivity index (χ2v) is 8.73. The molecule has 0 unspecified atom stereocenters. The van der Waals surface area contributed by atoms with Crippen molar-refractivity contribution < 1.29 is 4.79 Å². The Morgan fingerprint density at radius 3 is 2.73 bits per heavy atom. The number of hydrogen-bond donors (Lipinski definition) is 1. The van der Waals surface area contributed by atoms with Gasteiger partial charge in [0.05, 0.1) is 0 Å². The Kier molecular flexibility index (Phi) is 5.81. The number of carbonyl (C=O) groups excluding carboxylic acids is 1. The van der Waals surface area contributed by atoms with E-state index in [2.05, 4.69) is 27.5 Å². The highest BCUT2D eigenvalue weighted by Crippen LogP contribution is 2.29. The number of aromatic nitrogens is 4. The summed E-state index contributed by atoms with van der Waals surface area (Å²) in [4.78, 5) is 24.1. The zero-order valence-corrected chi connectivity index (χ0v) is 19.0. The van der Waals surface area contributed by atoms with Gasteiger partial charge in [-0.2, -0.15) is 9.61 Å². The van der Waals surface area contributed by atoms with Gasteiger partial charge in [0.1, 0.15) is 13.7 Å². The van der Waals surface area contributed by atoms with Gasteiger partial charge in [-0.3, -0.25) is 9.78 Å². The Morgan fingerprint density at radius 2 is 1.97 bits per heavy atom. The van der Waals surface area contributed by atoms with Crippen molar-refractivity contribution in [2.75, 3.05) is 18.4 Å². The molecule has 5 rings (SSSR count). The number of anilines is 1. The van der Waals surface area contributed by atoms with Crippen molar-refractivity contribution in [3.63, 3.8) is 0 Å². The van der Waals surface area contributed by atoms with Crippen LogP contribution < -0.4 is 10.8 Å². The Hall–Kier alpha value is -3.68. The zero-order chi connectivity index (χ0) is 22.8. The molecule has 4 heterocycles. The molecular formula is C25H27BN6O. The van der Waals surface area contributed by atoms with Crippen molar-refractivity contribution >= 4 is 30.7 Å². The van der Waals surface area contributed by atoms with E-state index in [1.165, 1.54) is 0 Å². The number of benzene rings is 1. The maximum Gasteiger partial charge on any atom is 0.254 e. The molecule has 1 aromatic carbocycles.